The Kier molecular flexibility index (Phi) is 4.70. The Morgan fingerprint density at radius 2 is 1.68 bits per heavy atom. The average Bonchev–Trinajstić information content (AvgIpc) is 3.42. The van der Waals surface area contributed by atoms with E-state index in [0.29, 0.717) is 12.2 Å². The molecule has 1 saturated heterocycles. The number of carboxylic acids is 1. The third-order valence-corrected chi connectivity index (χ3v) is 6.59. The van der Waals surface area contributed by atoms with Crippen LogP contribution in [0.5, 0.6) is 5.75 Å². The summed E-state index contributed by atoms with van der Waals surface area (Å²) in [6, 6.07) is 6.16. The molecule has 1 aromatic rings. The first-order valence-electron chi connectivity index (χ1n) is 8.00. The van der Waals surface area contributed by atoms with Gasteiger partial charge in [-0.2, -0.15) is 4.31 Å². The molecule has 0 radical (unpaired) electrons. The Morgan fingerprint density at radius 1 is 1.08 bits per heavy atom. The number of hydrogen-bond donors (Lipinski definition) is 1. The first-order chi connectivity index (χ1) is 11.8. The number of ether oxygens (including phenoxy) is 1. The first kappa shape index (κ1) is 17.7. The fraction of sp³-hybridized carbons (Fsp3) is 0.500. The van der Waals surface area contributed by atoms with Crippen LogP contribution in [0.15, 0.2) is 29.2 Å². The average molecular weight is 368 g/mol. The SMILES string of the molecule is COc1ccc(S(=O)(=O)N2CCN(C(=O)C3CC3C(=O)O)CC2)cc1. The minimum Gasteiger partial charge on any atom is -0.497 e. The van der Waals surface area contributed by atoms with Crippen molar-refractivity contribution < 1.29 is 27.9 Å². The third kappa shape index (κ3) is 3.47. The van der Waals surface area contributed by atoms with Crippen LogP contribution in [0.4, 0.5) is 0 Å². The largest absolute Gasteiger partial charge is 0.497 e. The van der Waals surface area contributed by atoms with Crippen molar-refractivity contribution in [1.29, 1.82) is 0 Å². The molecule has 2 atom stereocenters. The lowest BCUT2D eigenvalue weighted by Crippen LogP contribution is -2.51. The second-order valence-electron chi connectivity index (χ2n) is 6.19. The predicted octanol–water partition coefficient (Wildman–Crippen LogP) is 0.249. The highest BCUT2D eigenvalue weighted by Crippen LogP contribution is 2.40. The van der Waals surface area contributed by atoms with E-state index in [1.54, 1.807) is 17.0 Å². The summed E-state index contributed by atoms with van der Waals surface area (Å²) >= 11 is 0. The molecule has 1 aliphatic heterocycles. The van der Waals surface area contributed by atoms with Gasteiger partial charge in [-0.05, 0) is 30.7 Å². The van der Waals surface area contributed by atoms with Gasteiger partial charge in [-0.25, -0.2) is 8.42 Å². The number of aliphatic carboxylic acids is 1. The molecule has 1 heterocycles. The maximum Gasteiger partial charge on any atom is 0.307 e. The van der Waals surface area contributed by atoms with Gasteiger partial charge in [-0.1, -0.05) is 0 Å². The molecule has 3 rings (SSSR count). The van der Waals surface area contributed by atoms with Crippen LogP contribution in [-0.2, 0) is 19.6 Å². The minimum atomic E-state index is -3.62. The van der Waals surface area contributed by atoms with E-state index in [9.17, 15) is 18.0 Å². The Hall–Kier alpha value is -2.13. The molecule has 1 saturated carbocycles. The smallest absolute Gasteiger partial charge is 0.307 e. The molecule has 1 amide bonds. The van der Waals surface area contributed by atoms with Gasteiger partial charge in [0.15, 0.2) is 0 Å². The van der Waals surface area contributed by atoms with Crippen LogP contribution in [0.2, 0.25) is 0 Å². The Balaban J connectivity index is 1.61. The van der Waals surface area contributed by atoms with E-state index >= 15 is 0 Å². The van der Waals surface area contributed by atoms with Gasteiger partial charge < -0.3 is 14.7 Å². The molecule has 1 aliphatic carbocycles. The van der Waals surface area contributed by atoms with E-state index < -0.39 is 27.8 Å². The van der Waals surface area contributed by atoms with Crippen molar-refractivity contribution in [2.24, 2.45) is 11.8 Å². The molecule has 1 aromatic carbocycles. The zero-order valence-electron chi connectivity index (χ0n) is 13.8. The van der Waals surface area contributed by atoms with E-state index in [1.807, 2.05) is 0 Å². The zero-order chi connectivity index (χ0) is 18.2. The molecular weight excluding hydrogens is 348 g/mol. The first-order valence-corrected chi connectivity index (χ1v) is 9.44. The minimum absolute atomic E-state index is 0.182. The van der Waals surface area contributed by atoms with E-state index in [2.05, 4.69) is 0 Å². The molecule has 2 fully saturated rings. The van der Waals surface area contributed by atoms with Gasteiger partial charge >= 0.3 is 5.97 Å². The normalized spacial score (nSPS) is 24.0. The topological polar surface area (TPSA) is 104 Å². The highest BCUT2D eigenvalue weighted by atomic mass is 32.2. The molecule has 0 spiro atoms. The summed E-state index contributed by atoms with van der Waals surface area (Å²) < 4.78 is 31.7. The number of methoxy groups -OCH3 is 1. The molecule has 0 bridgehead atoms. The molecule has 8 nitrogen and oxygen atoms in total. The summed E-state index contributed by atoms with van der Waals surface area (Å²) in [4.78, 5) is 24.9. The summed E-state index contributed by atoms with van der Waals surface area (Å²) in [6.07, 6.45) is 0.374. The number of carboxylic acid groups (broad SMARTS) is 1. The Morgan fingerprint density at radius 3 is 2.16 bits per heavy atom. The van der Waals surface area contributed by atoms with Crippen LogP contribution in [0, 0.1) is 11.8 Å². The number of sulfonamides is 1. The van der Waals surface area contributed by atoms with Crippen LogP contribution in [0.1, 0.15) is 6.42 Å². The van der Waals surface area contributed by atoms with E-state index in [1.165, 1.54) is 23.5 Å². The van der Waals surface area contributed by atoms with Crippen LogP contribution >= 0.6 is 0 Å². The van der Waals surface area contributed by atoms with Gasteiger partial charge in [0.25, 0.3) is 0 Å². The maximum absolute atomic E-state index is 12.7. The van der Waals surface area contributed by atoms with Crippen molar-refractivity contribution in [3.05, 3.63) is 24.3 Å². The monoisotopic (exact) mass is 368 g/mol. The fourth-order valence-corrected chi connectivity index (χ4v) is 4.44. The van der Waals surface area contributed by atoms with Crippen molar-refractivity contribution in [2.75, 3.05) is 33.3 Å². The van der Waals surface area contributed by atoms with Gasteiger partial charge in [0, 0.05) is 26.2 Å². The number of nitrogens with zero attached hydrogens (tertiary/aromatic N) is 2. The van der Waals surface area contributed by atoms with Crippen molar-refractivity contribution in [2.45, 2.75) is 11.3 Å². The van der Waals surface area contributed by atoms with Crippen molar-refractivity contribution in [3.63, 3.8) is 0 Å². The molecule has 9 heteroatoms. The molecule has 2 aliphatic rings. The summed E-state index contributed by atoms with van der Waals surface area (Å²) in [5.41, 5.74) is 0. The number of amides is 1. The fourth-order valence-electron chi connectivity index (χ4n) is 3.02. The molecule has 136 valence electrons. The van der Waals surface area contributed by atoms with Crippen molar-refractivity contribution in [3.8, 4) is 5.75 Å². The van der Waals surface area contributed by atoms with Gasteiger partial charge in [-0.3, -0.25) is 9.59 Å². The van der Waals surface area contributed by atoms with Gasteiger partial charge in [0.1, 0.15) is 5.75 Å². The Bertz CT molecular complexity index is 768. The lowest BCUT2D eigenvalue weighted by atomic mass is 10.2. The number of carbonyl (C=O) groups is 2. The maximum atomic E-state index is 12.7. The number of hydrogen-bond acceptors (Lipinski definition) is 5. The molecule has 25 heavy (non-hydrogen) atoms. The predicted molar refractivity (Wildman–Crippen MR) is 87.6 cm³/mol. The van der Waals surface area contributed by atoms with Crippen LogP contribution in [0.3, 0.4) is 0 Å². The summed E-state index contributed by atoms with van der Waals surface area (Å²) in [5, 5.41) is 8.92. The number of rotatable bonds is 5. The van der Waals surface area contributed by atoms with E-state index in [4.69, 9.17) is 9.84 Å². The van der Waals surface area contributed by atoms with E-state index in [-0.39, 0.29) is 37.0 Å². The molecule has 0 aromatic heterocycles. The summed E-state index contributed by atoms with van der Waals surface area (Å²) in [6.45, 7) is 0.948. The summed E-state index contributed by atoms with van der Waals surface area (Å²) in [7, 11) is -2.11. The number of benzene rings is 1. The second kappa shape index (κ2) is 6.64. The lowest BCUT2D eigenvalue weighted by Gasteiger charge is -2.34. The van der Waals surface area contributed by atoms with Crippen LogP contribution in [-0.4, -0.2) is 67.9 Å². The lowest BCUT2D eigenvalue weighted by molar-refractivity contribution is -0.142. The van der Waals surface area contributed by atoms with Crippen molar-refractivity contribution >= 4 is 21.9 Å². The highest BCUT2D eigenvalue weighted by molar-refractivity contribution is 7.89. The second-order valence-corrected chi connectivity index (χ2v) is 8.13. The molecule has 2 unspecified atom stereocenters. The van der Waals surface area contributed by atoms with Gasteiger partial charge in [0.2, 0.25) is 15.9 Å². The molecule has 1 N–H and O–H groups in total. The van der Waals surface area contributed by atoms with Crippen molar-refractivity contribution in [1.82, 2.24) is 9.21 Å². The van der Waals surface area contributed by atoms with Gasteiger partial charge in [0.05, 0.1) is 23.8 Å². The molecular formula is C16H20N2O6S. The van der Waals surface area contributed by atoms with Gasteiger partial charge in [-0.15, -0.1) is 0 Å². The number of piperazine rings is 1. The quantitative estimate of drug-likeness (QED) is 0.799. The highest BCUT2D eigenvalue weighted by Gasteiger charge is 2.50. The van der Waals surface area contributed by atoms with Crippen LogP contribution < -0.4 is 4.74 Å². The Labute approximate surface area is 146 Å². The summed E-state index contributed by atoms with van der Waals surface area (Å²) in [5.74, 6) is -1.60. The van der Waals surface area contributed by atoms with E-state index in [0.717, 1.165) is 0 Å². The third-order valence-electron chi connectivity index (χ3n) is 4.67. The zero-order valence-corrected chi connectivity index (χ0v) is 14.6. The van der Waals surface area contributed by atoms with Crippen LogP contribution in [0.25, 0.3) is 0 Å². The number of carbonyl (C=O) groups excluding carboxylic acids is 1. The standard InChI is InChI=1S/C16H20N2O6S/c1-24-11-2-4-12(5-3-11)25(22,23)18-8-6-17(7-9-18)15(19)13-10-14(13)16(20)21/h2-5,13-14H,6-10H2,1H3,(H,20,21).